The van der Waals surface area contributed by atoms with Crippen LogP contribution in [0.15, 0.2) is 18.5 Å². The fourth-order valence-corrected chi connectivity index (χ4v) is 1.37. The molecule has 1 unspecified atom stereocenters. The van der Waals surface area contributed by atoms with E-state index in [1.165, 1.54) is 5.56 Å². The van der Waals surface area contributed by atoms with Crippen molar-refractivity contribution in [2.24, 2.45) is 5.73 Å². The van der Waals surface area contributed by atoms with Crippen LogP contribution in [0.3, 0.4) is 0 Å². The van der Waals surface area contributed by atoms with Gasteiger partial charge in [-0.25, -0.2) is 0 Å². The van der Waals surface area contributed by atoms with Crippen LogP contribution in [-0.4, -0.2) is 35.4 Å². The molecule has 1 heterocycles. The van der Waals surface area contributed by atoms with E-state index in [-0.39, 0.29) is 11.9 Å². The van der Waals surface area contributed by atoms with E-state index in [2.05, 4.69) is 4.98 Å². The number of likely N-dealkylation sites (N-methyl/N-ethyl adjacent to an activating group) is 1. The number of carbonyl (C=O) groups is 1. The predicted molar refractivity (Wildman–Crippen MR) is 60.4 cm³/mol. The number of aromatic nitrogens is 1. The Balaban J connectivity index is 2.29. The molecule has 15 heavy (non-hydrogen) atoms. The van der Waals surface area contributed by atoms with Crippen LogP contribution in [0.5, 0.6) is 0 Å². The summed E-state index contributed by atoms with van der Waals surface area (Å²) in [5.41, 5.74) is 6.79. The van der Waals surface area contributed by atoms with Gasteiger partial charge in [0.1, 0.15) is 0 Å². The molecule has 1 atom stereocenters. The maximum atomic E-state index is 11.6. The van der Waals surface area contributed by atoms with Gasteiger partial charge in [-0.1, -0.05) is 0 Å². The molecule has 4 heteroatoms. The van der Waals surface area contributed by atoms with Gasteiger partial charge >= 0.3 is 0 Å². The van der Waals surface area contributed by atoms with E-state index in [1.807, 2.05) is 32.4 Å². The Morgan fingerprint density at radius 1 is 1.67 bits per heavy atom. The predicted octanol–water partition coefficient (Wildman–Crippen LogP) is 0.753. The molecule has 0 bridgehead atoms. The highest BCUT2D eigenvalue weighted by Gasteiger charge is 2.10. The molecule has 1 amide bonds. The first kappa shape index (κ1) is 11.8. The van der Waals surface area contributed by atoms with E-state index < -0.39 is 0 Å². The van der Waals surface area contributed by atoms with Crippen LogP contribution in [-0.2, 0) is 11.2 Å². The monoisotopic (exact) mass is 209 g/mol. The first-order valence-corrected chi connectivity index (χ1v) is 5.21. The summed E-state index contributed by atoms with van der Waals surface area (Å²) >= 11 is 0. The normalized spacial score (nSPS) is 12.5. The fraction of sp³-hybridized carbons (Fsp3) is 0.545. The number of rotatable bonds is 5. The van der Waals surface area contributed by atoms with E-state index in [9.17, 15) is 4.79 Å². The first-order valence-electron chi connectivity index (χ1n) is 5.21. The number of nitrogens with two attached hydrogens (primary N) is 1. The Bertz CT molecular complexity index is 293. The molecule has 4 nitrogen and oxygen atoms in total. The van der Waals surface area contributed by atoms with Crippen molar-refractivity contribution < 1.29 is 4.79 Å². The third kappa shape index (κ3) is 4.16. The second-order valence-corrected chi connectivity index (χ2v) is 3.97. The Morgan fingerprint density at radius 3 is 2.93 bits per heavy atom. The zero-order valence-corrected chi connectivity index (χ0v) is 9.36. The lowest BCUT2D eigenvalue weighted by Gasteiger charge is -2.17. The molecule has 0 aliphatic carbocycles. The van der Waals surface area contributed by atoms with E-state index in [1.54, 1.807) is 4.90 Å². The number of carbonyl (C=O) groups excluding carboxylic acids is 1. The van der Waals surface area contributed by atoms with Crippen molar-refractivity contribution in [3.63, 3.8) is 0 Å². The molecule has 0 fully saturated rings. The van der Waals surface area contributed by atoms with Crippen LogP contribution in [0.25, 0.3) is 0 Å². The number of hydrogen-bond donors (Lipinski definition) is 2. The van der Waals surface area contributed by atoms with Crippen molar-refractivity contribution in [2.45, 2.75) is 25.8 Å². The summed E-state index contributed by atoms with van der Waals surface area (Å²) in [5.74, 6) is 0.112. The van der Waals surface area contributed by atoms with Gasteiger partial charge in [-0.15, -0.1) is 0 Å². The Kier molecular flexibility index (Phi) is 4.37. The van der Waals surface area contributed by atoms with Crippen molar-refractivity contribution in [3.05, 3.63) is 24.0 Å². The van der Waals surface area contributed by atoms with Gasteiger partial charge in [-0.05, 0) is 25.0 Å². The number of H-pyrrole nitrogens is 1. The Morgan fingerprint density at radius 2 is 2.40 bits per heavy atom. The summed E-state index contributed by atoms with van der Waals surface area (Å²) in [4.78, 5) is 16.3. The first-order chi connectivity index (χ1) is 7.09. The summed E-state index contributed by atoms with van der Waals surface area (Å²) in [6, 6.07) is 1.95. The molecular formula is C11H19N3O. The lowest BCUT2D eigenvalue weighted by atomic mass is 10.2. The standard InChI is InChI=1S/C11H19N3O/c1-9(12)7-11(15)14(2)6-4-10-3-5-13-8-10/h3,5,8-9,13H,4,6-7,12H2,1-2H3. The van der Waals surface area contributed by atoms with Gasteiger partial charge in [-0.3, -0.25) is 4.79 Å². The Hall–Kier alpha value is -1.29. The maximum absolute atomic E-state index is 11.6. The van der Waals surface area contributed by atoms with Gasteiger partial charge in [0.2, 0.25) is 5.91 Å². The minimum Gasteiger partial charge on any atom is -0.367 e. The minimum absolute atomic E-state index is 0.0628. The molecule has 0 aliphatic heterocycles. The smallest absolute Gasteiger partial charge is 0.223 e. The van der Waals surface area contributed by atoms with Crippen molar-refractivity contribution in [1.29, 1.82) is 0 Å². The van der Waals surface area contributed by atoms with E-state index in [4.69, 9.17) is 5.73 Å². The molecule has 0 saturated heterocycles. The summed E-state index contributed by atoms with van der Waals surface area (Å²) in [6.07, 6.45) is 5.14. The molecule has 1 rings (SSSR count). The quantitative estimate of drug-likeness (QED) is 0.751. The van der Waals surface area contributed by atoms with Gasteiger partial charge < -0.3 is 15.6 Å². The number of aromatic amines is 1. The molecule has 1 aromatic heterocycles. The number of nitrogens with one attached hydrogen (secondary N) is 1. The molecule has 1 aromatic rings. The summed E-state index contributed by atoms with van der Waals surface area (Å²) in [5, 5.41) is 0. The molecule has 0 aromatic carbocycles. The molecule has 0 spiro atoms. The average molecular weight is 209 g/mol. The fourth-order valence-electron chi connectivity index (χ4n) is 1.37. The lowest BCUT2D eigenvalue weighted by Crippen LogP contribution is -2.33. The van der Waals surface area contributed by atoms with E-state index in [0.717, 1.165) is 13.0 Å². The van der Waals surface area contributed by atoms with E-state index >= 15 is 0 Å². The van der Waals surface area contributed by atoms with Crippen molar-refractivity contribution >= 4 is 5.91 Å². The molecule has 0 aliphatic rings. The summed E-state index contributed by atoms with van der Waals surface area (Å²) in [6.45, 7) is 2.58. The largest absolute Gasteiger partial charge is 0.367 e. The lowest BCUT2D eigenvalue weighted by molar-refractivity contribution is -0.130. The van der Waals surface area contributed by atoms with Gasteiger partial charge in [0, 0.05) is 38.4 Å². The van der Waals surface area contributed by atoms with Crippen molar-refractivity contribution in [3.8, 4) is 0 Å². The maximum Gasteiger partial charge on any atom is 0.223 e. The molecule has 84 valence electrons. The van der Waals surface area contributed by atoms with Gasteiger partial charge in [-0.2, -0.15) is 0 Å². The average Bonchev–Trinajstić information content (AvgIpc) is 2.65. The Labute approximate surface area is 90.5 Å². The highest BCUT2D eigenvalue weighted by atomic mass is 16.2. The number of nitrogens with zero attached hydrogens (tertiary/aromatic N) is 1. The number of hydrogen-bond acceptors (Lipinski definition) is 2. The topological polar surface area (TPSA) is 62.1 Å². The molecule has 0 saturated carbocycles. The molecular weight excluding hydrogens is 190 g/mol. The highest BCUT2D eigenvalue weighted by molar-refractivity contribution is 5.76. The van der Waals surface area contributed by atoms with Gasteiger partial charge in [0.25, 0.3) is 0 Å². The third-order valence-electron chi connectivity index (χ3n) is 2.32. The third-order valence-corrected chi connectivity index (χ3v) is 2.32. The second kappa shape index (κ2) is 5.56. The van der Waals surface area contributed by atoms with Crippen LogP contribution >= 0.6 is 0 Å². The van der Waals surface area contributed by atoms with Gasteiger partial charge in [0.05, 0.1) is 0 Å². The van der Waals surface area contributed by atoms with Crippen LogP contribution in [0.1, 0.15) is 18.9 Å². The van der Waals surface area contributed by atoms with Crippen LogP contribution in [0.2, 0.25) is 0 Å². The van der Waals surface area contributed by atoms with Crippen LogP contribution in [0.4, 0.5) is 0 Å². The van der Waals surface area contributed by atoms with E-state index in [0.29, 0.717) is 6.42 Å². The van der Waals surface area contributed by atoms with Crippen molar-refractivity contribution in [1.82, 2.24) is 9.88 Å². The summed E-state index contributed by atoms with van der Waals surface area (Å²) < 4.78 is 0. The molecule has 3 N–H and O–H groups in total. The van der Waals surface area contributed by atoms with Crippen molar-refractivity contribution in [2.75, 3.05) is 13.6 Å². The van der Waals surface area contributed by atoms with Gasteiger partial charge in [0.15, 0.2) is 0 Å². The van der Waals surface area contributed by atoms with Crippen LogP contribution in [0, 0.1) is 0 Å². The zero-order valence-electron chi connectivity index (χ0n) is 9.36. The highest BCUT2D eigenvalue weighted by Crippen LogP contribution is 2.01. The number of amides is 1. The zero-order chi connectivity index (χ0) is 11.3. The summed E-state index contributed by atoms with van der Waals surface area (Å²) in [7, 11) is 1.82. The van der Waals surface area contributed by atoms with Crippen LogP contribution < -0.4 is 5.73 Å². The second-order valence-electron chi connectivity index (χ2n) is 3.97. The SMILES string of the molecule is CC(N)CC(=O)N(C)CCc1cc[nH]c1. The minimum atomic E-state index is -0.0628. The molecule has 0 radical (unpaired) electrons.